The van der Waals surface area contributed by atoms with E-state index in [1.54, 1.807) is 13.8 Å². The lowest BCUT2D eigenvalue weighted by atomic mass is 10.1. The number of carbonyl (C=O) groups excluding carboxylic acids is 5. The van der Waals surface area contributed by atoms with Gasteiger partial charge in [0.2, 0.25) is 23.6 Å². The molecule has 3 atom stereocenters. The number of amides is 6. The summed E-state index contributed by atoms with van der Waals surface area (Å²) in [4.78, 5) is 63.4. The summed E-state index contributed by atoms with van der Waals surface area (Å²) in [6.07, 6.45) is 3.88. The summed E-state index contributed by atoms with van der Waals surface area (Å²) >= 11 is 0. The highest BCUT2D eigenvalue weighted by molar-refractivity contribution is 5.96. The van der Waals surface area contributed by atoms with Crippen molar-refractivity contribution in [2.45, 2.75) is 85.0 Å². The molecule has 0 unspecified atom stereocenters. The zero-order chi connectivity index (χ0) is 26.7. The molecule has 11 nitrogen and oxygen atoms in total. The van der Waals surface area contributed by atoms with E-state index in [0.717, 1.165) is 11.1 Å². The quantitative estimate of drug-likeness (QED) is 0.209. The Morgan fingerprint density at radius 2 is 1.63 bits per heavy atom. The summed E-state index contributed by atoms with van der Waals surface area (Å²) in [5, 5.41) is 10.8. The van der Waals surface area contributed by atoms with Crippen LogP contribution in [0.2, 0.25) is 0 Å². The highest BCUT2D eigenvalue weighted by atomic mass is 16.2. The molecule has 35 heavy (non-hydrogen) atoms. The van der Waals surface area contributed by atoms with Gasteiger partial charge in [0.05, 0.1) is 6.04 Å². The van der Waals surface area contributed by atoms with Crippen LogP contribution in [0.4, 0.5) is 4.79 Å². The first-order chi connectivity index (χ1) is 16.3. The third-order valence-corrected chi connectivity index (χ3v) is 5.15. The van der Waals surface area contributed by atoms with Gasteiger partial charge in [0, 0.05) is 31.3 Å². The zero-order valence-corrected chi connectivity index (χ0v) is 21.6. The minimum Gasteiger partial charge on any atom is -0.368 e. The van der Waals surface area contributed by atoms with E-state index in [1.807, 2.05) is 27.7 Å². The van der Waals surface area contributed by atoms with E-state index in [4.69, 9.17) is 5.73 Å². The Morgan fingerprint density at radius 1 is 1.00 bits per heavy atom. The third-order valence-electron chi connectivity index (χ3n) is 5.15. The number of rotatable bonds is 11. The molecular weight excluding hydrogens is 452 g/mol. The van der Waals surface area contributed by atoms with E-state index in [1.165, 1.54) is 17.1 Å². The molecular formula is C24H40N6O5. The van der Waals surface area contributed by atoms with Gasteiger partial charge in [-0.15, -0.1) is 0 Å². The largest absolute Gasteiger partial charge is 0.368 e. The van der Waals surface area contributed by atoms with Crippen LogP contribution in [0.15, 0.2) is 23.3 Å². The van der Waals surface area contributed by atoms with Gasteiger partial charge in [-0.2, -0.15) is 0 Å². The molecule has 196 valence electrons. The molecule has 1 rings (SSSR count). The molecule has 0 bridgehead atoms. The van der Waals surface area contributed by atoms with Crippen molar-refractivity contribution in [3.05, 3.63) is 23.3 Å². The summed E-state index contributed by atoms with van der Waals surface area (Å²) < 4.78 is 0. The fourth-order valence-electron chi connectivity index (χ4n) is 3.69. The van der Waals surface area contributed by atoms with Gasteiger partial charge < -0.3 is 31.9 Å². The minimum atomic E-state index is -1.00. The average Bonchev–Trinajstić information content (AvgIpc) is 3.11. The van der Waals surface area contributed by atoms with Gasteiger partial charge in [0.1, 0.15) is 12.1 Å². The Kier molecular flexibility index (Phi) is 12.0. The van der Waals surface area contributed by atoms with Crippen molar-refractivity contribution in [2.75, 3.05) is 13.1 Å². The van der Waals surface area contributed by atoms with Crippen molar-refractivity contribution in [1.82, 2.24) is 26.2 Å². The number of hydrogen-bond donors (Lipinski definition) is 5. The maximum atomic E-state index is 13.3. The molecule has 0 aromatic rings. The second-order valence-electron chi connectivity index (χ2n) is 9.48. The maximum absolute atomic E-state index is 13.3. The smallest absolute Gasteiger partial charge is 0.315 e. The zero-order valence-electron chi connectivity index (χ0n) is 21.6. The third kappa shape index (κ3) is 10.6. The topological polar surface area (TPSA) is 163 Å². The Bertz CT molecular complexity index is 858. The van der Waals surface area contributed by atoms with Crippen LogP contribution >= 0.6 is 0 Å². The van der Waals surface area contributed by atoms with Gasteiger partial charge in [0.15, 0.2) is 0 Å². The highest BCUT2D eigenvalue weighted by Gasteiger charge is 2.43. The van der Waals surface area contributed by atoms with Gasteiger partial charge in [-0.1, -0.05) is 11.1 Å². The molecule has 11 heteroatoms. The predicted molar refractivity (Wildman–Crippen MR) is 133 cm³/mol. The number of carbonyl (C=O) groups is 5. The molecule has 1 fully saturated rings. The van der Waals surface area contributed by atoms with Crippen molar-refractivity contribution in [1.29, 1.82) is 0 Å². The fourth-order valence-corrected chi connectivity index (χ4v) is 3.69. The molecule has 0 aromatic carbocycles. The lowest BCUT2D eigenvalue weighted by Crippen LogP contribution is -2.59. The van der Waals surface area contributed by atoms with E-state index < -0.39 is 36.0 Å². The summed E-state index contributed by atoms with van der Waals surface area (Å²) in [5.74, 6) is -1.89. The summed E-state index contributed by atoms with van der Waals surface area (Å²) in [7, 11) is 0. The molecule has 1 heterocycles. The SMILES string of the molecule is CC(C)=CC(=O)NCCC[C@H](NC(=O)[C@@H]1[C@@H](NC(=O)NC(C)C)CCN1C(=O)C=C(C)C)C(N)=O. The van der Waals surface area contributed by atoms with E-state index in [9.17, 15) is 24.0 Å². The van der Waals surface area contributed by atoms with Gasteiger partial charge in [0.25, 0.3) is 0 Å². The van der Waals surface area contributed by atoms with Crippen molar-refractivity contribution in [3.63, 3.8) is 0 Å². The van der Waals surface area contributed by atoms with Crippen LogP contribution in [-0.2, 0) is 19.2 Å². The molecule has 1 saturated heterocycles. The Morgan fingerprint density at radius 3 is 2.17 bits per heavy atom. The molecule has 0 radical (unpaired) electrons. The van der Waals surface area contributed by atoms with Crippen molar-refractivity contribution < 1.29 is 24.0 Å². The standard InChI is InChI=1S/C24H40N6O5/c1-14(2)12-19(31)26-10-7-8-18(22(25)33)28-23(34)21-17(29-24(35)27-16(5)6)9-11-30(21)20(32)13-15(3)4/h12-13,16-18,21H,7-11H2,1-6H3,(H2,25,33)(H,26,31)(H,28,34)(H2,27,29,35)/t17-,18-,21-/m0/s1. The van der Waals surface area contributed by atoms with Gasteiger partial charge in [-0.05, 0) is 60.8 Å². The normalized spacial score (nSPS) is 17.7. The number of likely N-dealkylation sites (tertiary alicyclic amines) is 1. The Labute approximate surface area is 207 Å². The molecule has 0 aromatic heterocycles. The first-order valence-corrected chi connectivity index (χ1v) is 11.9. The molecule has 6 N–H and O–H groups in total. The van der Waals surface area contributed by atoms with E-state index in [2.05, 4.69) is 21.3 Å². The molecule has 1 aliphatic rings. The Balaban J connectivity index is 2.93. The first kappa shape index (κ1) is 29.7. The number of nitrogens with zero attached hydrogens (tertiary/aromatic N) is 1. The maximum Gasteiger partial charge on any atom is 0.315 e. The number of hydrogen-bond acceptors (Lipinski definition) is 5. The van der Waals surface area contributed by atoms with Crippen LogP contribution in [0.5, 0.6) is 0 Å². The summed E-state index contributed by atoms with van der Waals surface area (Å²) in [6.45, 7) is 11.3. The number of nitrogens with two attached hydrogens (primary N) is 1. The second kappa shape index (κ2) is 14.1. The molecule has 1 aliphatic heterocycles. The predicted octanol–water partition coefficient (Wildman–Crippen LogP) is 0.462. The van der Waals surface area contributed by atoms with Crippen LogP contribution in [0, 0.1) is 0 Å². The van der Waals surface area contributed by atoms with Crippen LogP contribution in [0.1, 0.15) is 60.8 Å². The van der Waals surface area contributed by atoms with Crippen molar-refractivity contribution in [2.24, 2.45) is 5.73 Å². The van der Waals surface area contributed by atoms with Crippen molar-refractivity contribution in [3.8, 4) is 0 Å². The van der Waals surface area contributed by atoms with E-state index in [0.29, 0.717) is 19.4 Å². The van der Waals surface area contributed by atoms with Gasteiger partial charge in [-0.25, -0.2) is 4.79 Å². The molecule has 6 amide bonds. The second-order valence-corrected chi connectivity index (χ2v) is 9.48. The van der Waals surface area contributed by atoms with Crippen LogP contribution in [0.25, 0.3) is 0 Å². The number of primary amides is 1. The highest BCUT2D eigenvalue weighted by Crippen LogP contribution is 2.20. The van der Waals surface area contributed by atoms with Crippen LogP contribution in [-0.4, -0.2) is 71.8 Å². The molecule has 0 saturated carbocycles. The van der Waals surface area contributed by atoms with Crippen LogP contribution in [0.3, 0.4) is 0 Å². The average molecular weight is 493 g/mol. The summed E-state index contributed by atoms with van der Waals surface area (Å²) in [5.41, 5.74) is 7.13. The van der Waals surface area contributed by atoms with Gasteiger partial charge >= 0.3 is 6.03 Å². The minimum absolute atomic E-state index is 0.108. The first-order valence-electron chi connectivity index (χ1n) is 11.9. The Hall–Kier alpha value is -3.37. The van der Waals surface area contributed by atoms with E-state index >= 15 is 0 Å². The number of nitrogens with one attached hydrogen (secondary N) is 4. The number of urea groups is 1. The molecule has 0 aliphatic carbocycles. The van der Waals surface area contributed by atoms with Crippen molar-refractivity contribution >= 4 is 29.7 Å². The lowest BCUT2D eigenvalue weighted by Gasteiger charge is -2.29. The fraction of sp³-hybridized carbons (Fsp3) is 0.625. The summed E-state index contributed by atoms with van der Waals surface area (Å²) in [6, 6.07) is -3.19. The van der Waals surface area contributed by atoms with Crippen LogP contribution < -0.4 is 27.0 Å². The lowest BCUT2D eigenvalue weighted by molar-refractivity contribution is -0.137. The monoisotopic (exact) mass is 492 g/mol. The van der Waals surface area contributed by atoms with E-state index in [-0.39, 0.29) is 30.8 Å². The molecule has 0 spiro atoms. The van der Waals surface area contributed by atoms with Gasteiger partial charge in [-0.3, -0.25) is 19.2 Å². The number of allylic oxidation sites excluding steroid dienone is 2.